The zero-order valence-corrected chi connectivity index (χ0v) is 14.6. The van der Waals surface area contributed by atoms with E-state index < -0.39 is 0 Å². The number of rotatable bonds is 8. The lowest BCUT2D eigenvalue weighted by Gasteiger charge is -2.30. The molecule has 1 aromatic heterocycles. The molecule has 4 nitrogen and oxygen atoms in total. The summed E-state index contributed by atoms with van der Waals surface area (Å²) in [5.74, 6) is 0.921. The topological polar surface area (TPSA) is 31.4 Å². The Morgan fingerprint density at radius 3 is 2.71 bits per heavy atom. The molecule has 0 saturated carbocycles. The number of nitrogens with zero attached hydrogens (tertiary/aromatic N) is 3. The lowest BCUT2D eigenvalue weighted by atomic mass is 9.99. The summed E-state index contributed by atoms with van der Waals surface area (Å²) < 4.78 is 0. The SMILES string of the molecule is CCN(CC)c1ncc(CNCCN2CCC(C)CC2)s1. The fourth-order valence-corrected chi connectivity index (χ4v) is 3.76. The first-order chi connectivity index (χ1) is 10.2. The number of likely N-dealkylation sites (tertiary alicyclic amines) is 1. The summed E-state index contributed by atoms with van der Waals surface area (Å²) in [6.07, 6.45) is 4.75. The number of hydrogen-bond donors (Lipinski definition) is 1. The summed E-state index contributed by atoms with van der Waals surface area (Å²) in [7, 11) is 0. The van der Waals surface area contributed by atoms with Gasteiger partial charge in [0.2, 0.25) is 0 Å². The first-order valence-corrected chi connectivity index (χ1v) is 9.17. The van der Waals surface area contributed by atoms with Gasteiger partial charge in [0.15, 0.2) is 5.13 Å². The Balaban J connectivity index is 1.64. The molecule has 21 heavy (non-hydrogen) atoms. The van der Waals surface area contributed by atoms with E-state index in [2.05, 4.69) is 40.9 Å². The van der Waals surface area contributed by atoms with Crippen LogP contribution in [-0.2, 0) is 6.54 Å². The van der Waals surface area contributed by atoms with Gasteiger partial charge < -0.3 is 15.1 Å². The molecular weight excluding hydrogens is 280 g/mol. The Bertz CT molecular complexity index is 395. The minimum atomic E-state index is 0.921. The molecule has 1 fully saturated rings. The molecule has 1 aromatic rings. The molecule has 1 aliphatic rings. The lowest BCUT2D eigenvalue weighted by molar-refractivity contribution is 0.193. The molecule has 2 rings (SSSR count). The van der Waals surface area contributed by atoms with E-state index in [-0.39, 0.29) is 0 Å². The highest BCUT2D eigenvalue weighted by Gasteiger charge is 2.14. The van der Waals surface area contributed by atoms with E-state index in [4.69, 9.17) is 0 Å². The molecule has 0 aromatic carbocycles. The molecule has 0 spiro atoms. The Morgan fingerprint density at radius 2 is 2.05 bits per heavy atom. The standard InChI is InChI=1S/C16H30N4S/c1-4-20(5-2)16-18-13-15(21-16)12-17-8-11-19-9-6-14(3)7-10-19/h13-14,17H,4-12H2,1-3H3. The summed E-state index contributed by atoms with van der Waals surface area (Å²) in [6.45, 7) is 14.5. The maximum absolute atomic E-state index is 4.53. The van der Waals surface area contributed by atoms with Crippen LogP contribution in [0.3, 0.4) is 0 Å². The molecule has 1 N–H and O–H groups in total. The van der Waals surface area contributed by atoms with Crippen LogP contribution in [0.4, 0.5) is 5.13 Å². The third kappa shape index (κ3) is 5.24. The summed E-state index contributed by atoms with van der Waals surface area (Å²) in [4.78, 5) is 10.8. The molecule has 0 unspecified atom stereocenters. The predicted molar refractivity (Wildman–Crippen MR) is 92.2 cm³/mol. The highest BCUT2D eigenvalue weighted by molar-refractivity contribution is 7.15. The molecule has 2 heterocycles. The van der Waals surface area contributed by atoms with Crippen LogP contribution >= 0.6 is 11.3 Å². The van der Waals surface area contributed by atoms with E-state index in [0.29, 0.717) is 0 Å². The first-order valence-electron chi connectivity index (χ1n) is 8.35. The number of hydrogen-bond acceptors (Lipinski definition) is 5. The number of anilines is 1. The van der Waals surface area contributed by atoms with Crippen LogP contribution in [0.1, 0.15) is 38.5 Å². The second kappa shape index (κ2) is 8.71. The third-order valence-corrected chi connectivity index (χ3v) is 5.41. The largest absolute Gasteiger partial charge is 0.349 e. The molecule has 0 bridgehead atoms. The Labute approximate surface area is 133 Å². The van der Waals surface area contributed by atoms with Crippen LogP contribution in [0.25, 0.3) is 0 Å². The maximum Gasteiger partial charge on any atom is 0.185 e. The Hall–Kier alpha value is -0.650. The van der Waals surface area contributed by atoms with E-state index >= 15 is 0 Å². The van der Waals surface area contributed by atoms with E-state index in [9.17, 15) is 0 Å². The van der Waals surface area contributed by atoms with Crippen LogP contribution in [0.15, 0.2) is 6.20 Å². The van der Waals surface area contributed by atoms with E-state index in [1.54, 1.807) is 0 Å². The van der Waals surface area contributed by atoms with Crippen molar-refractivity contribution in [1.29, 1.82) is 0 Å². The van der Waals surface area contributed by atoms with Crippen LogP contribution < -0.4 is 10.2 Å². The summed E-state index contributed by atoms with van der Waals surface area (Å²) >= 11 is 1.82. The minimum Gasteiger partial charge on any atom is -0.349 e. The van der Waals surface area contributed by atoms with Crippen molar-refractivity contribution < 1.29 is 0 Å². The van der Waals surface area contributed by atoms with Crippen molar-refractivity contribution in [2.45, 2.75) is 40.2 Å². The first kappa shape index (κ1) is 16.7. The average molecular weight is 311 g/mol. The van der Waals surface area contributed by atoms with Gasteiger partial charge in [0.25, 0.3) is 0 Å². The van der Waals surface area contributed by atoms with E-state index in [0.717, 1.165) is 37.2 Å². The third-order valence-electron chi connectivity index (χ3n) is 4.36. The molecule has 0 radical (unpaired) electrons. The normalized spacial score (nSPS) is 17.3. The fourth-order valence-electron chi connectivity index (χ4n) is 2.75. The van der Waals surface area contributed by atoms with Crippen molar-refractivity contribution >= 4 is 16.5 Å². The molecule has 5 heteroatoms. The van der Waals surface area contributed by atoms with Gasteiger partial charge in [-0.2, -0.15) is 0 Å². The average Bonchev–Trinajstić information content (AvgIpc) is 2.96. The van der Waals surface area contributed by atoms with Gasteiger partial charge in [-0.05, 0) is 45.7 Å². The highest BCUT2D eigenvalue weighted by Crippen LogP contribution is 2.22. The number of piperidine rings is 1. The van der Waals surface area contributed by atoms with Crippen LogP contribution in [-0.4, -0.2) is 49.2 Å². The molecule has 120 valence electrons. The summed E-state index contributed by atoms with van der Waals surface area (Å²) in [5, 5.41) is 4.71. The smallest absolute Gasteiger partial charge is 0.185 e. The van der Waals surface area contributed by atoms with Gasteiger partial charge in [0, 0.05) is 43.8 Å². The van der Waals surface area contributed by atoms with Crippen molar-refractivity contribution in [2.75, 3.05) is 44.2 Å². The van der Waals surface area contributed by atoms with Crippen molar-refractivity contribution in [3.05, 3.63) is 11.1 Å². The molecular formula is C16H30N4S. The number of aromatic nitrogens is 1. The van der Waals surface area contributed by atoms with Gasteiger partial charge in [-0.3, -0.25) is 0 Å². The van der Waals surface area contributed by atoms with Gasteiger partial charge in [-0.25, -0.2) is 4.98 Å². The van der Waals surface area contributed by atoms with E-state index in [1.807, 2.05) is 17.5 Å². The van der Waals surface area contributed by atoms with Gasteiger partial charge in [-0.1, -0.05) is 6.92 Å². The molecule has 0 atom stereocenters. The second-order valence-electron chi connectivity index (χ2n) is 5.98. The number of thiazole rings is 1. The molecule has 0 amide bonds. The monoisotopic (exact) mass is 310 g/mol. The van der Waals surface area contributed by atoms with E-state index in [1.165, 1.54) is 37.4 Å². The van der Waals surface area contributed by atoms with Gasteiger partial charge in [-0.15, -0.1) is 11.3 Å². The summed E-state index contributed by atoms with van der Waals surface area (Å²) in [6, 6.07) is 0. The van der Waals surface area contributed by atoms with Gasteiger partial charge in [0.1, 0.15) is 0 Å². The van der Waals surface area contributed by atoms with Crippen LogP contribution in [0.2, 0.25) is 0 Å². The zero-order valence-electron chi connectivity index (χ0n) is 13.8. The van der Waals surface area contributed by atoms with Crippen molar-refractivity contribution in [3.63, 3.8) is 0 Å². The second-order valence-corrected chi connectivity index (χ2v) is 7.08. The fraction of sp³-hybridized carbons (Fsp3) is 0.812. The lowest BCUT2D eigenvalue weighted by Crippen LogP contribution is -2.37. The van der Waals surface area contributed by atoms with Gasteiger partial charge >= 0.3 is 0 Å². The summed E-state index contributed by atoms with van der Waals surface area (Å²) in [5.41, 5.74) is 0. The van der Waals surface area contributed by atoms with Crippen molar-refractivity contribution in [1.82, 2.24) is 15.2 Å². The Morgan fingerprint density at radius 1 is 1.33 bits per heavy atom. The quantitative estimate of drug-likeness (QED) is 0.748. The predicted octanol–water partition coefficient (Wildman–Crippen LogP) is 2.81. The minimum absolute atomic E-state index is 0.921. The number of nitrogens with one attached hydrogen (secondary N) is 1. The molecule has 1 saturated heterocycles. The Kier molecular flexibility index (Phi) is 6.93. The van der Waals surface area contributed by atoms with Crippen molar-refractivity contribution in [3.8, 4) is 0 Å². The van der Waals surface area contributed by atoms with Gasteiger partial charge in [0.05, 0.1) is 0 Å². The van der Waals surface area contributed by atoms with Crippen LogP contribution in [0.5, 0.6) is 0 Å². The zero-order chi connectivity index (χ0) is 15.1. The molecule has 1 aliphatic heterocycles. The maximum atomic E-state index is 4.53. The van der Waals surface area contributed by atoms with Crippen LogP contribution in [0, 0.1) is 5.92 Å². The molecule has 0 aliphatic carbocycles. The highest BCUT2D eigenvalue weighted by atomic mass is 32.1. The van der Waals surface area contributed by atoms with Crippen molar-refractivity contribution in [2.24, 2.45) is 5.92 Å².